The van der Waals surface area contributed by atoms with Crippen LogP contribution in [0, 0.1) is 11.8 Å². The second-order valence-corrected chi connectivity index (χ2v) is 11.0. The molecular formula is C29H34N2O13. The van der Waals surface area contributed by atoms with Gasteiger partial charge in [-0.15, -0.1) is 6.58 Å². The summed E-state index contributed by atoms with van der Waals surface area (Å²) in [5.41, 5.74) is -0.859. The zero-order valence-corrected chi connectivity index (χ0v) is 23.5. The molecule has 0 spiro atoms. The van der Waals surface area contributed by atoms with Gasteiger partial charge in [-0.25, -0.2) is 9.59 Å². The van der Waals surface area contributed by atoms with Crippen LogP contribution in [-0.4, -0.2) is 110 Å². The summed E-state index contributed by atoms with van der Waals surface area (Å²) in [5.74, 6) is -5.65. The Labute approximate surface area is 250 Å². The summed E-state index contributed by atoms with van der Waals surface area (Å²) in [6.45, 7) is 3.11. The first-order chi connectivity index (χ1) is 21.0. The SMILES string of the molecule is C=C[C@H]1[C@H](O[C@@H]2O[C@@H](CO)[C@H](O)[C@@H](O)[C@@H]2O)OC=C(C(=O)OC)[C@H]1CC1(C(=O)O)NC(C(=O)O)Cc2c1[nH]c1ccccc21. The number of ether oxygens (including phenoxy) is 4. The van der Waals surface area contributed by atoms with Gasteiger partial charge >= 0.3 is 17.9 Å². The predicted molar refractivity (Wildman–Crippen MR) is 147 cm³/mol. The van der Waals surface area contributed by atoms with Crippen molar-refractivity contribution in [1.82, 2.24) is 10.3 Å². The minimum absolute atomic E-state index is 0.00901. The minimum Gasteiger partial charge on any atom is -0.480 e. The number of aliphatic hydroxyl groups is 4. The second kappa shape index (κ2) is 12.3. The topological polar surface area (TPSA) is 237 Å². The van der Waals surface area contributed by atoms with Gasteiger partial charge in [0.05, 0.1) is 31.2 Å². The number of carbonyl (C=O) groups is 3. The van der Waals surface area contributed by atoms with Crippen molar-refractivity contribution < 1.29 is 64.0 Å². The van der Waals surface area contributed by atoms with E-state index in [0.29, 0.717) is 16.5 Å². The van der Waals surface area contributed by atoms with Crippen LogP contribution in [0.15, 0.2) is 48.8 Å². The number of aromatic amines is 1. The first kappa shape index (κ1) is 31.6. The monoisotopic (exact) mass is 618 g/mol. The highest BCUT2D eigenvalue weighted by Crippen LogP contribution is 2.45. The van der Waals surface area contributed by atoms with Crippen LogP contribution in [-0.2, 0) is 45.3 Å². The maximum Gasteiger partial charge on any atom is 0.337 e. The fourth-order valence-corrected chi connectivity index (χ4v) is 6.29. The normalized spacial score (nSPS) is 35.2. The smallest absolute Gasteiger partial charge is 0.337 e. The number of carboxylic acid groups (broad SMARTS) is 2. The molecule has 2 unspecified atom stereocenters. The fourth-order valence-electron chi connectivity index (χ4n) is 6.29. The number of esters is 1. The third-order valence-electron chi connectivity index (χ3n) is 8.58. The van der Waals surface area contributed by atoms with E-state index in [-0.39, 0.29) is 17.7 Å². The molecule has 44 heavy (non-hydrogen) atoms. The summed E-state index contributed by atoms with van der Waals surface area (Å²) < 4.78 is 21.9. The van der Waals surface area contributed by atoms with E-state index in [0.717, 1.165) is 13.4 Å². The number of para-hydroxylation sites is 1. The van der Waals surface area contributed by atoms with Gasteiger partial charge in [0, 0.05) is 29.2 Å². The fraction of sp³-hybridized carbons (Fsp3) is 0.483. The lowest BCUT2D eigenvalue weighted by Gasteiger charge is -2.45. The molecule has 3 aliphatic rings. The molecule has 15 nitrogen and oxygen atoms in total. The van der Waals surface area contributed by atoms with E-state index in [2.05, 4.69) is 16.9 Å². The van der Waals surface area contributed by atoms with E-state index in [4.69, 9.17) is 18.9 Å². The first-order valence-electron chi connectivity index (χ1n) is 13.8. The number of aromatic nitrogens is 1. The lowest BCUT2D eigenvalue weighted by atomic mass is 9.71. The summed E-state index contributed by atoms with van der Waals surface area (Å²) in [6, 6.07) is 5.70. The molecule has 0 amide bonds. The number of benzene rings is 1. The Morgan fingerprint density at radius 3 is 2.48 bits per heavy atom. The lowest BCUT2D eigenvalue weighted by molar-refractivity contribution is -0.339. The molecule has 0 aliphatic carbocycles. The van der Waals surface area contributed by atoms with Crippen molar-refractivity contribution in [3.63, 3.8) is 0 Å². The van der Waals surface area contributed by atoms with Crippen LogP contribution in [0.2, 0.25) is 0 Å². The van der Waals surface area contributed by atoms with Crippen molar-refractivity contribution >= 4 is 28.8 Å². The number of carboxylic acids is 2. The van der Waals surface area contributed by atoms with Gasteiger partial charge in [0.2, 0.25) is 6.29 Å². The number of fused-ring (bicyclic) bond motifs is 3. The van der Waals surface area contributed by atoms with Gasteiger partial charge in [-0.2, -0.15) is 0 Å². The highest BCUT2D eigenvalue weighted by atomic mass is 16.8. The molecule has 5 rings (SSSR count). The number of H-pyrrole nitrogens is 1. The van der Waals surface area contributed by atoms with Crippen LogP contribution >= 0.6 is 0 Å². The van der Waals surface area contributed by atoms with E-state index in [9.17, 15) is 45.0 Å². The number of methoxy groups -OCH3 is 1. The minimum atomic E-state index is -2.07. The molecule has 0 radical (unpaired) electrons. The Bertz CT molecular complexity index is 1470. The van der Waals surface area contributed by atoms with E-state index in [1.54, 1.807) is 24.3 Å². The highest BCUT2D eigenvalue weighted by molar-refractivity contribution is 5.93. The van der Waals surface area contributed by atoms with Crippen LogP contribution in [0.3, 0.4) is 0 Å². The Morgan fingerprint density at radius 2 is 1.84 bits per heavy atom. The number of carbonyl (C=O) groups excluding carboxylic acids is 1. The Hall–Kier alpha value is -3.83. The number of rotatable bonds is 9. The Kier molecular flexibility index (Phi) is 8.82. The van der Waals surface area contributed by atoms with Gasteiger partial charge in [-0.05, 0) is 18.1 Å². The van der Waals surface area contributed by atoms with Crippen molar-refractivity contribution in [2.24, 2.45) is 11.8 Å². The van der Waals surface area contributed by atoms with E-state index in [1.807, 2.05) is 0 Å². The van der Waals surface area contributed by atoms with Gasteiger partial charge in [-0.3, -0.25) is 10.1 Å². The van der Waals surface area contributed by atoms with Crippen LogP contribution in [0.25, 0.3) is 10.9 Å². The number of aliphatic carboxylic acids is 2. The molecule has 238 valence electrons. The molecule has 15 heteroatoms. The quantitative estimate of drug-likeness (QED) is 0.125. The molecule has 1 aromatic carbocycles. The first-order valence-corrected chi connectivity index (χ1v) is 13.8. The summed E-state index contributed by atoms with van der Waals surface area (Å²) in [5, 5.41) is 64.7. The number of aliphatic hydroxyl groups excluding tert-OH is 4. The summed E-state index contributed by atoms with van der Waals surface area (Å²) in [7, 11) is 1.13. The molecule has 8 N–H and O–H groups in total. The van der Waals surface area contributed by atoms with Gasteiger partial charge in [0.15, 0.2) is 11.8 Å². The maximum atomic E-state index is 13.2. The molecule has 1 fully saturated rings. The second-order valence-electron chi connectivity index (χ2n) is 11.0. The third-order valence-corrected chi connectivity index (χ3v) is 8.58. The molecule has 2 aromatic rings. The van der Waals surface area contributed by atoms with Crippen molar-refractivity contribution in [2.75, 3.05) is 13.7 Å². The zero-order chi connectivity index (χ0) is 31.9. The highest BCUT2D eigenvalue weighted by Gasteiger charge is 2.55. The maximum absolute atomic E-state index is 13.2. The largest absolute Gasteiger partial charge is 0.480 e. The molecule has 1 aromatic heterocycles. The molecule has 0 bridgehead atoms. The van der Waals surface area contributed by atoms with Crippen LogP contribution < -0.4 is 5.32 Å². The van der Waals surface area contributed by atoms with Crippen molar-refractivity contribution in [2.45, 2.75) is 61.4 Å². The van der Waals surface area contributed by atoms with Gasteiger partial charge in [0.25, 0.3) is 0 Å². The van der Waals surface area contributed by atoms with Crippen LogP contribution in [0.5, 0.6) is 0 Å². The summed E-state index contributed by atoms with van der Waals surface area (Å²) >= 11 is 0. The van der Waals surface area contributed by atoms with Gasteiger partial charge in [-0.1, -0.05) is 24.3 Å². The number of hydrogen-bond acceptors (Lipinski definition) is 12. The lowest BCUT2D eigenvalue weighted by Crippen LogP contribution is -2.62. The predicted octanol–water partition coefficient (Wildman–Crippen LogP) is -0.915. The number of nitrogens with one attached hydrogen (secondary N) is 2. The number of hydrogen-bond donors (Lipinski definition) is 8. The van der Waals surface area contributed by atoms with E-state index >= 15 is 0 Å². The van der Waals surface area contributed by atoms with Crippen molar-refractivity contribution in [3.05, 3.63) is 60.0 Å². The molecule has 0 saturated carbocycles. The summed E-state index contributed by atoms with van der Waals surface area (Å²) in [6.07, 6.45) is -7.52. The Morgan fingerprint density at radius 1 is 1.11 bits per heavy atom. The van der Waals surface area contributed by atoms with Gasteiger partial charge < -0.3 is 54.6 Å². The van der Waals surface area contributed by atoms with E-state index < -0.39 is 91.3 Å². The third kappa shape index (κ3) is 5.26. The van der Waals surface area contributed by atoms with E-state index in [1.165, 1.54) is 6.08 Å². The molecule has 4 heterocycles. The summed E-state index contributed by atoms with van der Waals surface area (Å²) in [4.78, 5) is 41.6. The van der Waals surface area contributed by atoms with Crippen LogP contribution in [0.1, 0.15) is 17.7 Å². The van der Waals surface area contributed by atoms with Crippen molar-refractivity contribution in [1.29, 1.82) is 0 Å². The standard InChI is InChI=1S/C29H34N2O13/c1-3-12-15(16(25(38)41-2)11-42-26(12)44-27-22(35)21(34)20(33)19(10-32)43-27)9-29(28(39)40)23-14(8-18(31-29)24(36)37)13-6-4-5-7-17(13)30-23/h3-7,11-12,15,18-22,26-27,30-35H,1,8-10H2,2H3,(H,36,37)(H,39,40)/t12-,15+,18?,19+,20+,21-,22+,26+,27+,29?/m1/s1. The van der Waals surface area contributed by atoms with Crippen molar-refractivity contribution in [3.8, 4) is 0 Å². The molecule has 3 aliphatic heterocycles. The van der Waals surface area contributed by atoms with Crippen LogP contribution in [0.4, 0.5) is 0 Å². The molecule has 1 saturated heterocycles. The zero-order valence-electron chi connectivity index (χ0n) is 23.5. The van der Waals surface area contributed by atoms with Gasteiger partial charge in [0.1, 0.15) is 30.5 Å². The Balaban J connectivity index is 1.57. The molecular weight excluding hydrogens is 584 g/mol. The molecule has 10 atom stereocenters. The average molecular weight is 619 g/mol. The average Bonchev–Trinajstić information content (AvgIpc) is 3.40.